The third kappa shape index (κ3) is 9.25. The minimum atomic E-state index is -1.05. The van der Waals surface area contributed by atoms with Gasteiger partial charge in [0.1, 0.15) is 11.8 Å². The minimum Gasteiger partial charge on any atom is -0.353 e. The third-order valence-electron chi connectivity index (χ3n) is 4.84. The molecule has 2 rings (SSSR count). The van der Waals surface area contributed by atoms with E-state index in [0.29, 0.717) is 26.0 Å². The molecule has 7 nitrogen and oxygen atoms in total. The zero-order chi connectivity index (χ0) is 23.2. The Hall–Kier alpha value is -1.98. The molecule has 0 radical (unpaired) electrons. The summed E-state index contributed by atoms with van der Waals surface area (Å²) in [6, 6.07) is 0. The van der Waals surface area contributed by atoms with Crippen LogP contribution in [0.25, 0.3) is 0 Å². The Morgan fingerprint density at radius 1 is 1.19 bits per heavy atom. The molecule has 3 atom stereocenters. The summed E-state index contributed by atoms with van der Waals surface area (Å²) in [5, 5.41) is 3.23. The number of aromatic nitrogens is 2. The molecule has 1 aliphatic rings. The van der Waals surface area contributed by atoms with Crippen LogP contribution in [0, 0.1) is 36.5 Å². The Morgan fingerprint density at radius 2 is 1.91 bits per heavy atom. The van der Waals surface area contributed by atoms with Gasteiger partial charge in [-0.3, -0.25) is 19.4 Å². The Kier molecular flexibility index (Phi) is 12.3. The molecular formula is C23H30N3O4PS. The number of ether oxygens (including phenoxy) is 1. The summed E-state index contributed by atoms with van der Waals surface area (Å²) < 4.78 is 13.1. The first-order valence-corrected chi connectivity index (χ1v) is 13.2. The number of rotatable bonds is 12. The second kappa shape index (κ2) is 15.0. The highest BCUT2D eigenvalue weighted by atomic mass is 32.7. The van der Waals surface area contributed by atoms with Gasteiger partial charge in [0.2, 0.25) is 0 Å². The highest BCUT2D eigenvalue weighted by Gasteiger charge is 2.28. The average Bonchev–Trinajstić information content (AvgIpc) is 3.24. The van der Waals surface area contributed by atoms with E-state index in [0.717, 1.165) is 44.9 Å². The van der Waals surface area contributed by atoms with Gasteiger partial charge in [-0.2, -0.15) is 0 Å². The molecule has 172 valence electrons. The van der Waals surface area contributed by atoms with E-state index < -0.39 is 25.0 Å². The smallest absolute Gasteiger partial charge is 0.330 e. The number of hydrogen-bond donors (Lipinski definition) is 3. The van der Waals surface area contributed by atoms with Crippen molar-refractivity contribution in [2.75, 3.05) is 13.2 Å². The summed E-state index contributed by atoms with van der Waals surface area (Å²) in [6.45, 7) is 1.18. The summed E-state index contributed by atoms with van der Waals surface area (Å²) in [5.74, 6) is 11.0. The Bertz CT molecular complexity index is 982. The number of hydrogen-bond acceptors (Lipinski definition) is 6. The van der Waals surface area contributed by atoms with Gasteiger partial charge in [-0.05, 0) is 38.5 Å². The average molecular weight is 476 g/mol. The predicted molar refractivity (Wildman–Crippen MR) is 131 cm³/mol. The van der Waals surface area contributed by atoms with Crippen molar-refractivity contribution < 1.29 is 9.26 Å². The van der Waals surface area contributed by atoms with Crippen LogP contribution in [0.5, 0.6) is 0 Å². The normalized spacial score (nSPS) is 18.3. The fraction of sp³-hybridized carbons (Fsp3) is 0.565. The lowest BCUT2D eigenvalue weighted by Gasteiger charge is -2.18. The maximum Gasteiger partial charge on any atom is 0.330 e. The molecule has 1 fully saturated rings. The maximum absolute atomic E-state index is 12.3. The van der Waals surface area contributed by atoms with Gasteiger partial charge < -0.3 is 9.26 Å². The van der Waals surface area contributed by atoms with Crippen molar-refractivity contribution in [2.24, 2.45) is 0 Å². The summed E-state index contributed by atoms with van der Waals surface area (Å²) >= 11 is 4.44. The molecule has 0 bridgehead atoms. The second-order valence-electron chi connectivity index (χ2n) is 7.34. The van der Waals surface area contributed by atoms with Crippen molar-refractivity contribution >= 4 is 19.7 Å². The number of nitrogens with zero attached hydrogens (tertiary/aromatic N) is 1. The zero-order valence-electron chi connectivity index (χ0n) is 18.1. The lowest BCUT2D eigenvalue weighted by Crippen LogP contribution is -2.34. The number of unbranched alkanes of at least 4 members (excludes halogenated alkanes) is 5. The van der Waals surface area contributed by atoms with Gasteiger partial charge in [0.25, 0.3) is 5.56 Å². The van der Waals surface area contributed by atoms with Crippen LogP contribution in [-0.2, 0) is 9.26 Å². The van der Waals surface area contributed by atoms with E-state index in [-0.39, 0.29) is 11.7 Å². The van der Waals surface area contributed by atoms with E-state index >= 15 is 0 Å². The van der Waals surface area contributed by atoms with Gasteiger partial charge in [0, 0.05) is 32.0 Å². The standard InChI is InChI=1S/C23H30N3O4PS/c1-3-5-7-9-10-11-13-19-18-26(23(28)25-22(19)27)21-15-14-20(30-21)17-24-31(32)29-16-12-8-6-4-2/h1-2,18,20-21,24,32H,5-10,12,14-17H2,(H,25,27,28)/t20?,21-,31+/m1/s1. The van der Waals surface area contributed by atoms with Gasteiger partial charge in [0.15, 0.2) is 7.50 Å². The molecule has 32 heavy (non-hydrogen) atoms. The maximum atomic E-state index is 12.3. The van der Waals surface area contributed by atoms with E-state index in [4.69, 9.17) is 22.1 Å². The van der Waals surface area contributed by atoms with Crippen LogP contribution in [0.1, 0.15) is 69.6 Å². The molecule has 2 N–H and O–H groups in total. The lowest BCUT2D eigenvalue weighted by molar-refractivity contribution is 0.00197. The molecular weight excluding hydrogens is 445 g/mol. The molecule has 0 spiro atoms. The first kappa shape index (κ1) is 26.3. The van der Waals surface area contributed by atoms with Crippen LogP contribution in [0.2, 0.25) is 0 Å². The van der Waals surface area contributed by atoms with Gasteiger partial charge in [-0.1, -0.05) is 11.8 Å². The number of aromatic amines is 1. The minimum absolute atomic E-state index is 0.0771. The third-order valence-corrected chi connectivity index (χ3v) is 6.49. The van der Waals surface area contributed by atoms with Crippen molar-refractivity contribution in [1.82, 2.24) is 14.6 Å². The highest BCUT2D eigenvalue weighted by molar-refractivity contribution is 8.42. The summed E-state index contributed by atoms with van der Waals surface area (Å²) in [5.41, 5.74) is -0.734. The molecule has 9 heteroatoms. The van der Waals surface area contributed by atoms with E-state index in [1.165, 1.54) is 10.8 Å². The number of terminal acetylenes is 2. The lowest BCUT2D eigenvalue weighted by atomic mass is 10.2. The predicted octanol–water partition coefficient (Wildman–Crippen LogP) is 3.33. The summed E-state index contributed by atoms with van der Waals surface area (Å²) in [7, 11) is -1.05. The summed E-state index contributed by atoms with van der Waals surface area (Å²) in [6.07, 6.45) is 18.6. The van der Waals surface area contributed by atoms with Crippen molar-refractivity contribution in [3.63, 3.8) is 0 Å². The molecule has 0 amide bonds. The molecule has 0 saturated carbocycles. The molecule has 1 aromatic heterocycles. The second-order valence-corrected chi connectivity index (χ2v) is 9.55. The molecule has 1 aliphatic heterocycles. The Labute approximate surface area is 196 Å². The fourth-order valence-electron chi connectivity index (χ4n) is 3.13. The molecule has 0 aliphatic carbocycles. The molecule has 0 aromatic carbocycles. The number of thiol groups is 1. The van der Waals surface area contributed by atoms with Gasteiger partial charge in [-0.25, -0.2) is 4.79 Å². The molecule has 1 unspecified atom stereocenters. The molecule has 1 aromatic rings. The van der Waals surface area contributed by atoms with Crippen molar-refractivity contribution in [3.8, 4) is 36.5 Å². The first-order chi connectivity index (χ1) is 15.5. The largest absolute Gasteiger partial charge is 0.353 e. The number of H-pyrrole nitrogens is 1. The van der Waals surface area contributed by atoms with Gasteiger partial charge in [-0.15, -0.1) is 36.9 Å². The molecule has 2 heterocycles. The van der Waals surface area contributed by atoms with Crippen LogP contribution in [0.15, 0.2) is 15.8 Å². The van der Waals surface area contributed by atoms with E-state index in [9.17, 15) is 9.59 Å². The topological polar surface area (TPSA) is 85.3 Å². The Morgan fingerprint density at radius 3 is 2.66 bits per heavy atom. The first-order valence-electron chi connectivity index (χ1n) is 10.8. The number of nitrogens with one attached hydrogen (secondary N) is 2. The summed E-state index contributed by atoms with van der Waals surface area (Å²) in [4.78, 5) is 26.7. The highest BCUT2D eigenvalue weighted by Crippen LogP contribution is 2.38. The SMILES string of the molecule is C#CCCCCC#Cc1cn([C@H]2CCC(CN[P@](S)OCCCCC#C)O2)c(=O)[nH]c1=O. The van der Waals surface area contributed by atoms with Crippen LogP contribution < -0.4 is 16.3 Å². The van der Waals surface area contributed by atoms with E-state index in [1.807, 2.05) is 0 Å². The van der Waals surface area contributed by atoms with Crippen molar-refractivity contribution in [3.05, 3.63) is 32.6 Å². The van der Waals surface area contributed by atoms with E-state index in [1.54, 1.807) is 0 Å². The van der Waals surface area contributed by atoms with Crippen LogP contribution in [0.4, 0.5) is 0 Å². The Balaban J connectivity index is 1.85. The monoisotopic (exact) mass is 475 g/mol. The van der Waals surface area contributed by atoms with Gasteiger partial charge in [0.05, 0.1) is 12.7 Å². The van der Waals surface area contributed by atoms with Crippen LogP contribution in [0.3, 0.4) is 0 Å². The fourth-order valence-corrected chi connectivity index (χ4v) is 4.38. The quantitative estimate of drug-likeness (QED) is 0.187. The van der Waals surface area contributed by atoms with Crippen LogP contribution in [-0.4, -0.2) is 28.8 Å². The van der Waals surface area contributed by atoms with Crippen LogP contribution >= 0.6 is 19.7 Å². The molecule has 1 saturated heterocycles. The van der Waals surface area contributed by atoms with Crippen molar-refractivity contribution in [1.29, 1.82) is 0 Å². The van der Waals surface area contributed by atoms with E-state index in [2.05, 4.69) is 46.0 Å². The van der Waals surface area contributed by atoms with Gasteiger partial charge >= 0.3 is 5.69 Å². The van der Waals surface area contributed by atoms with Crippen molar-refractivity contribution in [2.45, 2.75) is 70.1 Å². The zero-order valence-corrected chi connectivity index (χ0v) is 19.9.